The van der Waals surface area contributed by atoms with E-state index >= 15 is 0 Å². The minimum absolute atomic E-state index is 0.300. The molecule has 0 radical (unpaired) electrons. The van der Waals surface area contributed by atoms with Crippen LogP contribution in [0.5, 0.6) is 0 Å². The molecule has 0 aliphatic rings. The maximum atomic E-state index is 6.13. The molecule has 164 valence electrons. The van der Waals surface area contributed by atoms with Crippen LogP contribution in [-0.2, 0) is 6.42 Å². The third-order valence-corrected chi connectivity index (χ3v) is 6.63. The number of rotatable bonds is 6. The van der Waals surface area contributed by atoms with E-state index in [1.54, 1.807) is 0 Å². The summed E-state index contributed by atoms with van der Waals surface area (Å²) >= 11 is 21.2. The van der Waals surface area contributed by atoms with Gasteiger partial charge in [0.2, 0.25) is 0 Å². The second kappa shape index (κ2) is 9.07. The number of hydrogen-bond acceptors (Lipinski definition) is 4. The van der Waals surface area contributed by atoms with Gasteiger partial charge in [0.1, 0.15) is 20.0 Å². The van der Waals surface area contributed by atoms with Gasteiger partial charge in [-0.3, -0.25) is 0 Å². The van der Waals surface area contributed by atoms with Crippen molar-refractivity contribution in [1.82, 2.24) is 0 Å². The Morgan fingerprint density at radius 1 is 0.515 bits per heavy atom. The Bertz CT molecular complexity index is 1380. The molecule has 4 rings (SSSR count). The molecule has 0 fully saturated rings. The van der Waals surface area contributed by atoms with Crippen LogP contribution in [0.25, 0.3) is 21.5 Å². The largest absolute Gasteiger partial charge is 0.389 e. The van der Waals surface area contributed by atoms with E-state index < -0.39 is 0 Å². The number of nitrogens with two attached hydrogens (primary N) is 4. The molecule has 0 heterocycles. The summed E-state index contributed by atoms with van der Waals surface area (Å²) < 4.78 is 0. The molecule has 33 heavy (non-hydrogen) atoms. The first-order valence-electron chi connectivity index (χ1n) is 9.98. The lowest BCUT2D eigenvalue weighted by molar-refractivity contribution is 1.22. The average Bonchev–Trinajstić information content (AvgIpc) is 2.78. The van der Waals surface area contributed by atoms with E-state index in [1.165, 1.54) is 0 Å². The molecule has 8 N–H and O–H groups in total. The van der Waals surface area contributed by atoms with Gasteiger partial charge in [0.25, 0.3) is 0 Å². The molecule has 0 atom stereocenters. The smallest absolute Gasteiger partial charge is 0.104 e. The first-order chi connectivity index (χ1) is 15.7. The van der Waals surface area contributed by atoms with Gasteiger partial charge in [0.05, 0.1) is 0 Å². The van der Waals surface area contributed by atoms with Crippen LogP contribution in [0.2, 0.25) is 0 Å². The molecule has 0 spiro atoms. The van der Waals surface area contributed by atoms with Gasteiger partial charge in [-0.25, -0.2) is 0 Å². The fourth-order valence-electron chi connectivity index (χ4n) is 4.09. The van der Waals surface area contributed by atoms with Gasteiger partial charge < -0.3 is 22.9 Å². The number of benzene rings is 4. The number of fused-ring (bicyclic) bond motifs is 2. The second-order valence-corrected chi connectivity index (χ2v) is 9.45. The van der Waals surface area contributed by atoms with Crippen LogP contribution in [0.3, 0.4) is 0 Å². The first-order valence-corrected chi connectivity index (χ1v) is 11.6. The Hall–Kier alpha value is -3.04. The summed E-state index contributed by atoms with van der Waals surface area (Å²) in [6.07, 6.45) is 0.482. The molecular formula is C25H20N4S4. The summed E-state index contributed by atoms with van der Waals surface area (Å²) in [4.78, 5) is 1.24. The molecule has 8 heteroatoms. The number of thiocarbonyl (C=S) groups is 4. The van der Waals surface area contributed by atoms with Gasteiger partial charge >= 0.3 is 0 Å². The van der Waals surface area contributed by atoms with Crippen molar-refractivity contribution in [2.75, 3.05) is 0 Å². The molecule has 0 unspecified atom stereocenters. The first kappa shape index (κ1) is 23.1. The monoisotopic (exact) mass is 504 g/mol. The highest BCUT2D eigenvalue weighted by atomic mass is 32.1. The predicted molar refractivity (Wildman–Crippen MR) is 154 cm³/mol. The highest BCUT2D eigenvalue weighted by Crippen LogP contribution is 2.32. The van der Waals surface area contributed by atoms with Gasteiger partial charge in [-0.15, -0.1) is 0 Å². The molecule has 4 nitrogen and oxygen atoms in total. The lowest BCUT2D eigenvalue weighted by atomic mass is 9.88. The molecule has 0 aliphatic heterocycles. The maximum Gasteiger partial charge on any atom is 0.104 e. The van der Waals surface area contributed by atoms with E-state index in [-0.39, 0.29) is 0 Å². The molecular weight excluding hydrogens is 485 g/mol. The van der Waals surface area contributed by atoms with Crippen LogP contribution in [0.1, 0.15) is 33.4 Å². The van der Waals surface area contributed by atoms with Crippen molar-refractivity contribution in [3.8, 4) is 0 Å². The lowest BCUT2D eigenvalue weighted by Gasteiger charge is -2.18. The Labute approximate surface area is 212 Å². The fraction of sp³-hybridized carbons (Fsp3) is 0.0400. The molecule has 4 aromatic carbocycles. The lowest BCUT2D eigenvalue weighted by Crippen LogP contribution is -2.16. The predicted octanol–water partition coefficient (Wildman–Crippen LogP) is 4.12. The Balaban J connectivity index is 2.07. The van der Waals surface area contributed by atoms with E-state index in [0.29, 0.717) is 26.4 Å². The standard InChI is InChI=1S/C25H20N4S4/c26-22(30)14-3-1-12-5-7-16(24(28)32)20(18(12)9-14)11-21-17(25(29)33)8-6-13-2-4-15(23(27)31)10-19(13)21/h1-10H,11H2,(H2,26,30)(H2,27,31)(H2,28,32)(H2,29,33). The quantitative estimate of drug-likeness (QED) is 0.291. The van der Waals surface area contributed by atoms with Crippen LogP contribution < -0.4 is 22.9 Å². The van der Waals surface area contributed by atoms with Crippen LogP contribution in [-0.4, -0.2) is 20.0 Å². The highest BCUT2D eigenvalue weighted by Gasteiger charge is 2.17. The van der Waals surface area contributed by atoms with E-state index in [1.807, 2.05) is 60.7 Å². The van der Waals surface area contributed by atoms with Gasteiger partial charge in [-0.1, -0.05) is 97.4 Å². The van der Waals surface area contributed by atoms with Crippen molar-refractivity contribution in [1.29, 1.82) is 0 Å². The summed E-state index contributed by atoms with van der Waals surface area (Å²) in [5.74, 6) is 0. The van der Waals surface area contributed by atoms with E-state index in [4.69, 9.17) is 71.8 Å². The van der Waals surface area contributed by atoms with E-state index in [0.717, 1.165) is 54.9 Å². The van der Waals surface area contributed by atoms with Gasteiger partial charge in [0, 0.05) is 28.7 Å². The van der Waals surface area contributed by atoms with Crippen molar-refractivity contribution in [2.45, 2.75) is 6.42 Å². The molecule has 4 aromatic rings. The zero-order chi connectivity index (χ0) is 23.9. The number of hydrogen-bond donors (Lipinski definition) is 4. The summed E-state index contributed by atoms with van der Waals surface area (Å²) in [6.45, 7) is 0. The van der Waals surface area contributed by atoms with Crippen LogP contribution in [0.4, 0.5) is 0 Å². The Morgan fingerprint density at radius 3 is 1.21 bits per heavy atom. The molecule has 0 bridgehead atoms. The summed E-state index contributed by atoms with van der Waals surface area (Å²) in [5, 5.41) is 3.96. The van der Waals surface area contributed by atoms with E-state index in [9.17, 15) is 0 Å². The maximum absolute atomic E-state index is 6.13. The van der Waals surface area contributed by atoms with Gasteiger partial charge in [-0.2, -0.15) is 0 Å². The fourth-order valence-corrected chi connectivity index (χ4v) is 4.73. The Kier molecular flexibility index (Phi) is 6.36. The SMILES string of the molecule is NC(=S)c1ccc2ccc(C(N)=S)c(Cc3c(C(N)=S)ccc4ccc(C(N)=S)cc34)c2c1. The summed E-state index contributed by atoms with van der Waals surface area (Å²) in [6, 6.07) is 19.6. The van der Waals surface area contributed by atoms with E-state index in [2.05, 4.69) is 0 Å². The van der Waals surface area contributed by atoms with Crippen molar-refractivity contribution in [3.05, 3.63) is 94.0 Å². The van der Waals surface area contributed by atoms with Gasteiger partial charge in [-0.05, 0) is 44.8 Å². The topological polar surface area (TPSA) is 104 Å². The normalized spacial score (nSPS) is 10.9. The molecule has 0 aromatic heterocycles. The second-order valence-electron chi connectivity index (χ2n) is 7.69. The zero-order valence-corrected chi connectivity index (χ0v) is 20.7. The molecule has 0 saturated heterocycles. The minimum atomic E-state index is 0.300. The molecule has 0 saturated carbocycles. The van der Waals surface area contributed by atoms with Crippen LogP contribution in [0.15, 0.2) is 60.7 Å². The van der Waals surface area contributed by atoms with Crippen molar-refractivity contribution in [2.24, 2.45) is 22.9 Å². The summed E-state index contributed by atoms with van der Waals surface area (Å²) in [7, 11) is 0. The molecule has 0 aliphatic carbocycles. The minimum Gasteiger partial charge on any atom is -0.389 e. The van der Waals surface area contributed by atoms with Crippen molar-refractivity contribution < 1.29 is 0 Å². The van der Waals surface area contributed by atoms with Gasteiger partial charge in [0.15, 0.2) is 0 Å². The van der Waals surface area contributed by atoms with Crippen molar-refractivity contribution >= 4 is 90.4 Å². The third kappa shape index (κ3) is 4.43. The average molecular weight is 505 g/mol. The molecule has 0 amide bonds. The summed E-state index contributed by atoms with van der Waals surface area (Å²) in [5.41, 5.74) is 29.1. The zero-order valence-electron chi connectivity index (χ0n) is 17.4. The van der Waals surface area contributed by atoms with Crippen LogP contribution >= 0.6 is 48.9 Å². The highest BCUT2D eigenvalue weighted by molar-refractivity contribution is 7.81. The Morgan fingerprint density at radius 2 is 0.879 bits per heavy atom. The van der Waals surface area contributed by atoms with Crippen LogP contribution in [0, 0.1) is 0 Å². The van der Waals surface area contributed by atoms with Crippen molar-refractivity contribution in [3.63, 3.8) is 0 Å². The third-order valence-electron chi connectivity index (χ3n) is 5.72.